The summed E-state index contributed by atoms with van der Waals surface area (Å²) in [5, 5.41) is 8.47. The summed E-state index contributed by atoms with van der Waals surface area (Å²) in [6.07, 6.45) is 58.7. The van der Waals surface area contributed by atoms with Crippen molar-refractivity contribution in [2.75, 3.05) is 26.2 Å². The van der Waals surface area contributed by atoms with Gasteiger partial charge in [-0.2, -0.15) is 5.16 Å². The molecule has 0 aromatic rings. The zero-order chi connectivity index (χ0) is 38.3. The maximum absolute atomic E-state index is 7.13. The third-order valence-electron chi connectivity index (χ3n) is 11.9. The Morgan fingerprint density at radius 3 is 0.577 bits per heavy atom. The van der Waals surface area contributed by atoms with E-state index in [9.17, 15) is 0 Å². The molecule has 0 spiro atoms. The van der Waals surface area contributed by atoms with Crippen molar-refractivity contribution in [3.8, 4) is 0 Å². The van der Waals surface area contributed by atoms with E-state index in [2.05, 4.69) is 39.9 Å². The van der Waals surface area contributed by atoms with Crippen molar-refractivity contribution >= 4 is 17.4 Å². The molecule has 0 heterocycles. The van der Waals surface area contributed by atoms with Crippen molar-refractivity contribution in [3.63, 3.8) is 0 Å². The number of nitrogens with zero attached hydrogens (tertiary/aromatic N) is 2. The standard InChI is InChI=1S/C48H100N.CNS/c1-5-9-12-15-18-21-24-27-30-33-36-39-42-46-49(45-8-4,47-43-40-37-34-31-28-25-22-19-16-13-10-6-2)48-44-41-38-35-32-29-26-23-20-17-14-11-7-3;2-1-3/h5-48H2,1-4H3;/q+1;-1. The lowest BCUT2D eigenvalue weighted by atomic mass is 10.0. The molecule has 0 fully saturated rings. The number of quaternary nitrogens is 1. The number of hydrogen-bond donors (Lipinski definition) is 0. The Morgan fingerprint density at radius 2 is 0.423 bits per heavy atom. The zero-order valence-electron chi connectivity index (χ0n) is 36.9. The van der Waals surface area contributed by atoms with E-state index in [-0.39, 0.29) is 0 Å². The van der Waals surface area contributed by atoms with Crippen LogP contribution >= 0.6 is 12.2 Å². The van der Waals surface area contributed by atoms with E-state index < -0.39 is 0 Å². The quantitative estimate of drug-likeness (QED) is 0.0263. The van der Waals surface area contributed by atoms with E-state index in [0.29, 0.717) is 0 Å². The van der Waals surface area contributed by atoms with Crippen LogP contribution in [0.2, 0.25) is 0 Å². The maximum atomic E-state index is 7.13. The average Bonchev–Trinajstić information content (AvgIpc) is 3.14. The normalized spacial score (nSPS) is 11.5. The molecule has 0 N–H and O–H groups in total. The minimum Gasteiger partial charge on any atom is -0.753 e. The second-order valence-corrected chi connectivity index (χ2v) is 17.2. The average molecular weight is 749 g/mol. The highest BCUT2D eigenvalue weighted by Crippen LogP contribution is 2.21. The lowest BCUT2D eigenvalue weighted by Gasteiger charge is -2.39. The van der Waals surface area contributed by atoms with Crippen LogP contribution in [0.3, 0.4) is 0 Å². The summed E-state index contributed by atoms with van der Waals surface area (Å²) in [5.74, 6) is 0. The Hall–Kier alpha value is -0.240. The molecule has 0 aliphatic heterocycles. The van der Waals surface area contributed by atoms with Crippen molar-refractivity contribution in [1.82, 2.24) is 0 Å². The van der Waals surface area contributed by atoms with Gasteiger partial charge in [0.05, 0.1) is 26.2 Å². The van der Waals surface area contributed by atoms with Crippen LogP contribution in [0.25, 0.3) is 5.41 Å². The fourth-order valence-corrected chi connectivity index (χ4v) is 8.54. The molecule has 0 aliphatic carbocycles. The monoisotopic (exact) mass is 749 g/mol. The van der Waals surface area contributed by atoms with Crippen molar-refractivity contribution < 1.29 is 4.48 Å². The summed E-state index contributed by atoms with van der Waals surface area (Å²) in [7, 11) is 0. The molecule has 0 bridgehead atoms. The van der Waals surface area contributed by atoms with E-state index in [0.717, 1.165) is 0 Å². The molecule has 52 heavy (non-hydrogen) atoms. The van der Waals surface area contributed by atoms with Crippen LogP contribution in [-0.4, -0.2) is 35.8 Å². The molecular weight excluding hydrogens is 649 g/mol. The van der Waals surface area contributed by atoms with Gasteiger partial charge in [0.25, 0.3) is 0 Å². The molecule has 0 saturated heterocycles. The largest absolute Gasteiger partial charge is 0.753 e. The maximum Gasteiger partial charge on any atom is 0.0786 e. The highest BCUT2D eigenvalue weighted by atomic mass is 32.1. The lowest BCUT2D eigenvalue weighted by molar-refractivity contribution is -0.929. The van der Waals surface area contributed by atoms with Gasteiger partial charge in [-0.25, -0.2) is 0 Å². The summed E-state index contributed by atoms with van der Waals surface area (Å²) in [4.78, 5) is 0. The third kappa shape index (κ3) is 44.2. The number of hydrogen-bond acceptors (Lipinski definition) is 1. The van der Waals surface area contributed by atoms with Crippen molar-refractivity contribution in [2.24, 2.45) is 0 Å². The van der Waals surface area contributed by atoms with Gasteiger partial charge in [0.15, 0.2) is 0 Å². The SMILES string of the molecule is CCCCCCCCCCCCCCC[N+](CCC)(CCCCCCCCCCCCCCC)CCCCCCCCCCCCCCC.[N-]=C=S. The van der Waals surface area contributed by atoms with Gasteiger partial charge in [-0.1, -0.05) is 252 Å². The molecule has 0 radical (unpaired) electrons. The van der Waals surface area contributed by atoms with Gasteiger partial charge in [0, 0.05) is 0 Å². The fourth-order valence-electron chi connectivity index (χ4n) is 8.54. The van der Waals surface area contributed by atoms with Crippen LogP contribution in [0.1, 0.15) is 285 Å². The molecule has 0 atom stereocenters. The molecule has 312 valence electrons. The molecule has 0 aromatic carbocycles. The van der Waals surface area contributed by atoms with Crippen LogP contribution in [0.5, 0.6) is 0 Å². The smallest absolute Gasteiger partial charge is 0.0786 e. The van der Waals surface area contributed by atoms with E-state index in [1.807, 2.05) is 0 Å². The summed E-state index contributed by atoms with van der Waals surface area (Å²) in [6, 6.07) is 0. The Bertz CT molecular complexity index is 584. The molecular formula is C49H100N2S. The number of unbranched alkanes of at least 4 members (excludes halogenated alkanes) is 36. The first-order valence-electron chi connectivity index (χ1n) is 24.5. The topological polar surface area (TPSA) is 22.3 Å². The van der Waals surface area contributed by atoms with Crippen LogP contribution in [-0.2, 0) is 0 Å². The van der Waals surface area contributed by atoms with Gasteiger partial charge in [0.2, 0.25) is 0 Å². The molecule has 0 rings (SSSR count). The first-order chi connectivity index (χ1) is 25.7. The molecule has 0 unspecified atom stereocenters. The number of thiocarbonyl (C=S) groups is 1. The number of rotatable bonds is 44. The van der Waals surface area contributed by atoms with Gasteiger partial charge in [0.1, 0.15) is 0 Å². The van der Waals surface area contributed by atoms with Gasteiger partial charge >= 0.3 is 0 Å². The van der Waals surface area contributed by atoms with Crippen molar-refractivity contribution in [3.05, 3.63) is 5.41 Å². The van der Waals surface area contributed by atoms with Crippen LogP contribution in [0.4, 0.5) is 0 Å². The van der Waals surface area contributed by atoms with E-state index in [4.69, 9.17) is 5.41 Å². The minimum atomic E-state index is 1.33. The summed E-state index contributed by atoms with van der Waals surface area (Å²) >= 11 is 3.70. The van der Waals surface area contributed by atoms with Crippen LogP contribution < -0.4 is 0 Å². The van der Waals surface area contributed by atoms with Crippen LogP contribution in [0.15, 0.2) is 0 Å². The number of isothiocyanates is 1. The molecule has 0 aliphatic rings. The second kappa shape index (κ2) is 48.8. The predicted octanol–water partition coefficient (Wildman–Crippen LogP) is 18.1. The van der Waals surface area contributed by atoms with Crippen molar-refractivity contribution in [1.29, 1.82) is 0 Å². The Kier molecular flexibility index (Phi) is 50.5. The Labute approximate surface area is 336 Å². The summed E-state index contributed by atoms with van der Waals surface area (Å²) in [6.45, 7) is 15.3. The Balaban J connectivity index is 0. The van der Waals surface area contributed by atoms with Gasteiger partial charge in [-0.05, 0) is 44.9 Å². The van der Waals surface area contributed by atoms with E-state index in [1.54, 1.807) is 0 Å². The summed E-state index contributed by atoms with van der Waals surface area (Å²) < 4.78 is 1.46. The first-order valence-corrected chi connectivity index (χ1v) is 24.9. The first kappa shape index (κ1) is 53.9. The van der Waals surface area contributed by atoms with Crippen LogP contribution in [0, 0.1) is 0 Å². The van der Waals surface area contributed by atoms with E-state index >= 15 is 0 Å². The lowest BCUT2D eigenvalue weighted by Crippen LogP contribution is -2.50. The molecule has 3 heteroatoms. The fraction of sp³-hybridized carbons (Fsp3) is 0.980. The molecule has 0 amide bonds. The van der Waals surface area contributed by atoms with Crippen molar-refractivity contribution in [2.45, 2.75) is 285 Å². The highest BCUT2D eigenvalue weighted by Gasteiger charge is 2.25. The third-order valence-corrected chi connectivity index (χ3v) is 11.9. The molecule has 0 aromatic heterocycles. The van der Waals surface area contributed by atoms with E-state index in [1.165, 1.54) is 293 Å². The Morgan fingerprint density at radius 1 is 0.269 bits per heavy atom. The summed E-state index contributed by atoms with van der Waals surface area (Å²) in [5.41, 5.74) is 0. The van der Waals surface area contributed by atoms with Gasteiger partial charge < -0.3 is 9.89 Å². The second-order valence-electron chi connectivity index (χ2n) is 17.1. The van der Waals surface area contributed by atoms with Gasteiger partial charge in [-0.3, -0.25) is 0 Å². The zero-order valence-corrected chi connectivity index (χ0v) is 37.7. The highest BCUT2D eigenvalue weighted by molar-refractivity contribution is 7.78. The predicted molar refractivity (Wildman–Crippen MR) is 243 cm³/mol. The molecule has 2 nitrogen and oxygen atoms in total. The minimum absolute atomic E-state index is 1.33. The molecule has 0 saturated carbocycles. The van der Waals surface area contributed by atoms with Gasteiger partial charge in [-0.15, -0.1) is 0 Å².